The van der Waals surface area contributed by atoms with Crippen molar-refractivity contribution in [2.24, 2.45) is 0 Å². The highest BCUT2D eigenvalue weighted by molar-refractivity contribution is 5.72. The Bertz CT molecular complexity index is 555. The third kappa shape index (κ3) is 10.6. The fourth-order valence-corrected chi connectivity index (χ4v) is 2.01. The first kappa shape index (κ1) is 21.8. The van der Waals surface area contributed by atoms with Gasteiger partial charge in [0.05, 0.1) is 6.61 Å². The predicted octanol–water partition coefficient (Wildman–Crippen LogP) is 4.53. The molecule has 0 bridgehead atoms. The highest BCUT2D eigenvalue weighted by Crippen LogP contribution is 2.22. The number of carbonyl (C=O) groups is 2. The largest absolute Gasteiger partial charge is 0.573 e. The topological polar surface area (TPSA) is 61.8 Å². The molecular formula is C18H23F3O5. The number of ether oxygens (including phenoxy) is 3. The monoisotopic (exact) mass is 376 g/mol. The Hall–Kier alpha value is -2.25. The molecule has 1 aromatic rings. The molecule has 0 N–H and O–H groups in total. The van der Waals surface area contributed by atoms with Gasteiger partial charge in [-0.05, 0) is 30.5 Å². The molecule has 0 aliphatic heterocycles. The summed E-state index contributed by atoms with van der Waals surface area (Å²) >= 11 is 0. The van der Waals surface area contributed by atoms with Crippen LogP contribution in [-0.4, -0.2) is 24.9 Å². The predicted molar refractivity (Wildman–Crippen MR) is 87.3 cm³/mol. The van der Waals surface area contributed by atoms with E-state index in [9.17, 15) is 22.8 Å². The molecule has 0 aromatic heterocycles. The van der Waals surface area contributed by atoms with Gasteiger partial charge in [0.15, 0.2) is 0 Å². The second-order valence-corrected chi connectivity index (χ2v) is 5.63. The van der Waals surface area contributed by atoms with Crippen molar-refractivity contribution in [3.63, 3.8) is 0 Å². The normalized spacial score (nSPS) is 11.1. The molecule has 0 saturated heterocycles. The minimum Gasteiger partial charge on any atom is -0.466 e. The lowest BCUT2D eigenvalue weighted by Gasteiger charge is -2.09. The molecule has 0 unspecified atom stereocenters. The summed E-state index contributed by atoms with van der Waals surface area (Å²) in [6, 6.07) is 5.04. The van der Waals surface area contributed by atoms with Gasteiger partial charge in [-0.1, -0.05) is 31.9 Å². The molecule has 0 atom stereocenters. The molecule has 1 rings (SSSR count). The van der Waals surface area contributed by atoms with Gasteiger partial charge in [-0.15, -0.1) is 13.2 Å². The Morgan fingerprint density at radius 1 is 0.923 bits per heavy atom. The van der Waals surface area contributed by atoms with Gasteiger partial charge in [0.2, 0.25) is 0 Å². The average Bonchev–Trinajstić information content (AvgIpc) is 2.57. The fraction of sp³-hybridized carbons (Fsp3) is 0.556. The molecule has 146 valence electrons. The summed E-state index contributed by atoms with van der Waals surface area (Å²) in [4.78, 5) is 23.0. The van der Waals surface area contributed by atoms with Crippen LogP contribution in [-0.2, 0) is 25.7 Å². The van der Waals surface area contributed by atoms with Gasteiger partial charge in [0.25, 0.3) is 0 Å². The van der Waals surface area contributed by atoms with Crippen LogP contribution in [0.5, 0.6) is 5.75 Å². The number of esters is 2. The zero-order chi connectivity index (χ0) is 19.4. The number of carbonyl (C=O) groups excluding carboxylic acids is 2. The Labute approximate surface area is 150 Å². The van der Waals surface area contributed by atoms with E-state index in [2.05, 4.69) is 11.7 Å². The summed E-state index contributed by atoms with van der Waals surface area (Å²) < 4.78 is 49.9. The van der Waals surface area contributed by atoms with Crippen LogP contribution in [0.15, 0.2) is 24.3 Å². The second-order valence-electron chi connectivity index (χ2n) is 5.63. The lowest BCUT2D eigenvalue weighted by molar-refractivity contribution is -0.274. The number of rotatable bonds is 11. The molecule has 0 radical (unpaired) electrons. The zero-order valence-corrected chi connectivity index (χ0v) is 14.6. The number of hydrogen-bond acceptors (Lipinski definition) is 5. The SMILES string of the molecule is CCCCCOC(=O)CCCC(=O)OCc1ccc(OC(F)(F)F)cc1. The van der Waals surface area contributed by atoms with E-state index in [1.807, 2.05) is 0 Å². The van der Waals surface area contributed by atoms with Crippen molar-refractivity contribution in [2.75, 3.05) is 6.61 Å². The number of hydrogen-bond donors (Lipinski definition) is 0. The minimum atomic E-state index is -4.74. The first-order chi connectivity index (χ1) is 12.3. The van der Waals surface area contributed by atoms with Gasteiger partial charge < -0.3 is 14.2 Å². The van der Waals surface area contributed by atoms with Crippen LogP contribution in [0.25, 0.3) is 0 Å². The first-order valence-electron chi connectivity index (χ1n) is 8.46. The highest BCUT2D eigenvalue weighted by Gasteiger charge is 2.30. The maximum Gasteiger partial charge on any atom is 0.573 e. The van der Waals surface area contributed by atoms with E-state index in [1.165, 1.54) is 12.1 Å². The summed E-state index contributed by atoms with van der Waals surface area (Å²) in [6.45, 7) is 2.38. The van der Waals surface area contributed by atoms with Crippen molar-refractivity contribution in [3.05, 3.63) is 29.8 Å². The maximum absolute atomic E-state index is 12.0. The number of unbranched alkanes of at least 4 members (excludes halogenated alkanes) is 2. The quantitative estimate of drug-likeness (QED) is 0.419. The molecule has 0 fully saturated rings. The summed E-state index contributed by atoms with van der Waals surface area (Å²) in [5.41, 5.74) is 0.531. The van der Waals surface area contributed by atoms with Crippen molar-refractivity contribution >= 4 is 11.9 Å². The average molecular weight is 376 g/mol. The molecule has 8 heteroatoms. The molecule has 0 spiro atoms. The van der Waals surface area contributed by atoms with Gasteiger partial charge >= 0.3 is 18.3 Å². The van der Waals surface area contributed by atoms with Crippen molar-refractivity contribution in [3.8, 4) is 5.75 Å². The number of halogens is 3. The van der Waals surface area contributed by atoms with E-state index in [0.717, 1.165) is 31.4 Å². The molecule has 5 nitrogen and oxygen atoms in total. The van der Waals surface area contributed by atoms with Crippen molar-refractivity contribution in [2.45, 2.75) is 58.4 Å². The fourth-order valence-electron chi connectivity index (χ4n) is 2.01. The van der Waals surface area contributed by atoms with Gasteiger partial charge in [-0.25, -0.2) is 0 Å². The number of alkyl halides is 3. The third-order valence-electron chi connectivity index (χ3n) is 3.33. The molecule has 0 heterocycles. The molecule has 0 saturated carbocycles. The van der Waals surface area contributed by atoms with E-state index in [-0.39, 0.29) is 31.2 Å². The van der Waals surface area contributed by atoms with E-state index in [4.69, 9.17) is 9.47 Å². The van der Waals surface area contributed by atoms with Crippen molar-refractivity contribution in [1.82, 2.24) is 0 Å². The molecule has 1 aromatic carbocycles. The molecule has 0 amide bonds. The van der Waals surface area contributed by atoms with Crippen molar-refractivity contribution < 1.29 is 37.0 Å². The molecule has 0 aliphatic rings. The molecule has 0 aliphatic carbocycles. The number of benzene rings is 1. The van der Waals surface area contributed by atoms with Crippen LogP contribution >= 0.6 is 0 Å². The maximum atomic E-state index is 12.0. The van der Waals surface area contributed by atoms with Gasteiger partial charge in [0, 0.05) is 12.8 Å². The van der Waals surface area contributed by atoms with E-state index in [1.54, 1.807) is 0 Å². The van der Waals surface area contributed by atoms with Crippen LogP contribution in [0, 0.1) is 0 Å². The molecular weight excluding hydrogens is 353 g/mol. The van der Waals surface area contributed by atoms with Gasteiger partial charge in [0.1, 0.15) is 12.4 Å². The summed E-state index contributed by atoms with van der Waals surface area (Å²) in [5, 5.41) is 0. The Morgan fingerprint density at radius 2 is 1.54 bits per heavy atom. The van der Waals surface area contributed by atoms with Crippen LogP contribution in [0.1, 0.15) is 51.0 Å². The first-order valence-corrected chi connectivity index (χ1v) is 8.46. The smallest absolute Gasteiger partial charge is 0.466 e. The standard InChI is InChI=1S/C18H23F3O5/c1-2-3-4-12-24-16(22)6-5-7-17(23)25-13-14-8-10-15(11-9-14)26-18(19,20)21/h8-11H,2-7,12-13H2,1H3. The lowest BCUT2D eigenvalue weighted by atomic mass is 10.2. The van der Waals surface area contributed by atoms with E-state index < -0.39 is 12.3 Å². The third-order valence-corrected chi connectivity index (χ3v) is 3.33. The summed E-state index contributed by atoms with van der Waals surface area (Å²) in [7, 11) is 0. The Kier molecular flexibility index (Phi) is 9.54. The lowest BCUT2D eigenvalue weighted by Crippen LogP contribution is -2.17. The van der Waals surface area contributed by atoms with Crippen LogP contribution in [0.2, 0.25) is 0 Å². The summed E-state index contributed by atoms with van der Waals surface area (Å²) in [5.74, 6) is -1.17. The van der Waals surface area contributed by atoms with Gasteiger partial charge in [-0.3, -0.25) is 9.59 Å². The van der Waals surface area contributed by atoms with Crippen LogP contribution in [0.3, 0.4) is 0 Å². The van der Waals surface area contributed by atoms with Crippen molar-refractivity contribution in [1.29, 1.82) is 0 Å². The second kappa shape index (κ2) is 11.4. The van der Waals surface area contributed by atoms with Crippen LogP contribution < -0.4 is 4.74 Å². The minimum absolute atomic E-state index is 0.0629. The molecule has 26 heavy (non-hydrogen) atoms. The Morgan fingerprint density at radius 3 is 2.12 bits per heavy atom. The zero-order valence-electron chi connectivity index (χ0n) is 14.6. The van der Waals surface area contributed by atoms with E-state index >= 15 is 0 Å². The highest BCUT2D eigenvalue weighted by atomic mass is 19.4. The van der Waals surface area contributed by atoms with E-state index in [0.29, 0.717) is 18.6 Å². The Balaban J connectivity index is 2.19. The summed E-state index contributed by atoms with van der Waals surface area (Å²) in [6.07, 6.45) is -1.33. The van der Waals surface area contributed by atoms with Crippen LogP contribution in [0.4, 0.5) is 13.2 Å². The van der Waals surface area contributed by atoms with Gasteiger partial charge in [-0.2, -0.15) is 0 Å².